The Morgan fingerprint density at radius 2 is 2.00 bits per heavy atom. The van der Waals surface area contributed by atoms with Crippen LogP contribution in [0.5, 0.6) is 0 Å². The van der Waals surface area contributed by atoms with E-state index in [0.717, 1.165) is 37.9 Å². The monoisotopic (exact) mass is 505 g/mol. The summed E-state index contributed by atoms with van der Waals surface area (Å²) in [6.07, 6.45) is 3.93. The summed E-state index contributed by atoms with van der Waals surface area (Å²) in [5, 5.41) is 14.3. The van der Waals surface area contributed by atoms with E-state index in [1.807, 2.05) is 24.0 Å². The van der Waals surface area contributed by atoms with Gasteiger partial charge in [0.1, 0.15) is 11.4 Å². The number of aromatic nitrogens is 3. The maximum atomic E-state index is 13.1. The fourth-order valence-corrected chi connectivity index (χ4v) is 4.91. The summed E-state index contributed by atoms with van der Waals surface area (Å²) in [5.74, 6) is 0.406. The Morgan fingerprint density at radius 3 is 2.78 bits per heavy atom. The molecule has 1 atom stereocenters. The molecule has 36 heavy (non-hydrogen) atoms. The van der Waals surface area contributed by atoms with Crippen molar-refractivity contribution < 1.29 is 9.90 Å². The number of hydrogen-bond acceptors (Lipinski definition) is 5. The van der Waals surface area contributed by atoms with Crippen LogP contribution in [0.4, 0.5) is 5.69 Å². The molecule has 1 amide bonds. The summed E-state index contributed by atoms with van der Waals surface area (Å²) in [7, 11) is 0. The molecule has 2 aromatic carbocycles. The number of carbonyl (C=O) groups excluding carboxylic acids is 1. The highest BCUT2D eigenvalue weighted by Crippen LogP contribution is 2.28. The fraction of sp³-hybridized carbons (Fsp3) is 0.296. The van der Waals surface area contributed by atoms with E-state index in [1.54, 1.807) is 36.5 Å². The maximum Gasteiger partial charge on any atom is 0.261 e. The molecule has 0 saturated carbocycles. The third-order valence-electron chi connectivity index (χ3n) is 6.58. The van der Waals surface area contributed by atoms with E-state index in [9.17, 15) is 14.7 Å². The van der Waals surface area contributed by atoms with Crippen molar-refractivity contribution in [2.45, 2.75) is 32.3 Å². The molecule has 0 spiro atoms. The topological polar surface area (TPSA) is 114 Å². The Morgan fingerprint density at radius 1 is 1.19 bits per heavy atom. The van der Waals surface area contributed by atoms with Gasteiger partial charge in [-0.1, -0.05) is 23.7 Å². The van der Waals surface area contributed by atoms with E-state index < -0.39 is 6.10 Å². The summed E-state index contributed by atoms with van der Waals surface area (Å²) in [4.78, 5) is 38.4. The predicted molar refractivity (Wildman–Crippen MR) is 142 cm³/mol. The van der Waals surface area contributed by atoms with Crippen LogP contribution >= 0.6 is 11.6 Å². The second kappa shape index (κ2) is 10.2. The minimum atomic E-state index is -0.822. The molecule has 1 fully saturated rings. The number of pyridine rings is 1. The van der Waals surface area contributed by atoms with Gasteiger partial charge in [-0.2, -0.15) is 0 Å². The number of imidazole rings is 1. The number of benzene rings is 2. The second-order valence-electron chi connectivity index (χ2n) is 9.17. The molecule has 4 aromatic rings. The lowest BCUT2D eigenvalue weighted by atomic mass is 10.1. The Bertz CT molecular complexity index is 1470. The zero-order chi connectivity index (χ0) is 25.2. The van der Waals surface area contributed by atoms with Crippen molar-refractivity contribution in [3.8, 4) is 11.4 Å². The van der Waals surface area contributed by atoms with Crippen LogP contribution in [0.25, 0.3) is 22.4 Å². The van der Waals surface area contributed by atoms with Gasteiger partial charge in [0.15, 0.2) is 0 Å². The Kier molecular flexibility index (Phi) is 6.80. The largest absolute Gasteiger partial charge is 0.387 e. The fourth-order valence-electron chi connectivity index (χ4n) is 4.71. The predicted octanol–water partition coefficient (Wildman–Crippen LogP) is 4.65. The number of anilines is 1. The first-order chi connectivity index (χ1) is 17.4. The first-order valence-electron chi connectivity index (χ1n) is 12.1. The van der Waals surface area contributed by atoms with Crippen LogP contribution in [-0.4, -0.2) is 50.5 Å². The van der Waals surface area contributed by atoms with Crippen LogP contribution in [0.1, 0.15) is 46.9 Å². The van der Waals surface area contributed by atoms with Crippen LogP contribution < -0.4 is 10.9 Å². The molecule has 4 N–H and O–H groups in total. The van der Waals surface area contributed by atoms with Crippen LogP contribution in [0.3, 0.4) is 0 Å². The van der Waals surface area contributed by atoms with Gasteiger partial charge in [0.2, 0.25) is 0 Å². The van der Waals surface area contributed by atoms with E-state index in [1.165, 1.54) is 0 Å². The summed E-state index contributed by atoms with van der Waals surface area (Å²) >= 11 is 6.05. The number of fused-ring (bicyclic) bond motifs is 1. The molecule has 2 aromatic heterocycles. The summed E-state index contributed by atoms with van der Waals surface area (Å²) in [6, 6.07) is 12.4. The third-order valence-corrected chi connectivity index (χ3v) is 6.82. The first-order valence-corrected chi connectivity index (χ1v) is 12.5. The summed E-state index contributed by atoms with van der Waals surface area (Å²) in [5.41, 5.74) is 4.07. The number of H-pyrrole nitrogens is 2. The van der Waals surface area contributed by atoms with E-state index in [4.69, 9.17) is 16.6 Å². The number of hydrogen-bond donors (Lipinski definition) is 4. The second-order valence-corrected chi connectivity index (χ2v) is 9.61. The first kappa shape index (κ1) is 24.1. The number of aliphatic hydroxyl groups is 1. The molecule has 186 valence electrons. The van der Waals surface area contributed by atoms with Crippen LogP contribution in [0, 0.1) is 6.92 Å². The van der Waals surface area contributed by atoms with Crippen molar-refractivity contribution in [2.24, 2.45) is 0 Å². The van der Waals surface area contributed by atoms with Gasteiger partial charge in [0, 0.05) is 36.4 Å². The van der Waals surface area contributed by atoms with Crippen molar-refractivity contribution in [1.29, 1.82) is 0 Å². The van der Waals surface area contributed by atoms with Crippen LogP contribution in [0.15, 0.2) is 53.5 Å². The number of aryl methyl sites for hydroxylation is 1. The SMILES string of the molecule is Cc1cc(C(=O)N2CCCCC2)cc2[nH]c(-c3c(NCC(O)c4cccc(Cl)c4)cc[nH]c3=O)nc12. The zero-order valence-electron chi connectivity index (χ0n) is 20.0. The maximum absolute atomic E-state index is 13.1. The average Bonchev–Trinajstić information content (AvgIpc) is 3.31. The number of rotatable bonds is 6. The number of piperidine rings is 1. The highest BCUT2D eigenvalue weighted by Gasteiger charge is 2.21. The van der Waals surface area contributed by atoms with Crippen molar-refractivity contribution in [2.75, 3.05) is 25.0 Å². The molecule has 0 radical (unpaired) electrons. The zero-order valence-corrected chi connectivity index (χ0v) is 20.7. The van der Waals surface area contributed by atoms with Gasteiger partial charge in [-0.3, -0.25) is 9.59 Å². The molecule has 0 bridgehead atoms. The van der Waals surface area contributed by atoms with Gasteiger partial charge in [-0.25, -0.2) is 4.98 Å². The van der Waals surface area contributed by atoms with Crippen molar-refractivity contribution in [1.82, 2.24) is 19.9 Å². The van der Waals surface area contributed by atoms with Crippen molar-refractivity contribution >= 4 is 34.2 Å². The van der Waals surface area contributed by atoms with Gasteiger partial charge >= 0.3 is 0 Å². The molecule has 9 heteroatoms. The Balaban J connectivity index is 1.45. The molecule has 0 aliphatic carbocycles. The summed E-state index contributed by atoms with van der Waals surface area (Å²) < 4.78 is 0. The Labute approximate surface area is 213 Å². The minimum Gasteiger partial charge on any atom is -0.387 e. The van der Waals surface area contributed by atoms with Crippen molar-refractivity contribution in [3.63, 3.8) is 0 Å². The lowest BCUT2D eigenvalue weighted by molar-refractivity contribution is 0.0724. The molecule has 1 aliphatic rings. The van der Waals surface area contributed by atoms with Crippen LogP contribution in [-0.2, 0) is 0 Å². The number of carbonyl (C=O) groups is 1. The highest BCUT2D eigenvalue weighted by molar-refractivity contribution is 6.30. The average molecular weight is 506 g/mol. The van der Waals surface area contributed by atoms with Gasteiger partial charge in [0.05, 0.1) is 22.8 Å². The number of nitrogens with zero attached hydrogens (tertiary/aromatic N) is 2. The smallest absolute Gasteiger partial charge is 0.261 e. The number of likely N-dealkylation sites (tertiary alicyclic amines) is 1. The van der Waals surface area contributed by atoms with Crippen molar-refractivity contribution in [3.05, 3.63) is 80.7 Å². The number of amides is 1. The standard InChI is InChI=1S/C27H28ClN5O3/c1-16-12-18(27(36)33-10-3-2-4-11-33)14-21-24(16)32-25(31-21)23-20(8-9-29-26(23)35)30-15-22(34)17-6-5-7-19(28)13-17/h5-9,12-14,22,34H,2-4,10-11,15H2,1H3,(H,31,32)(H2,29,30,35). The van der Waals surface area contributed by atoms with Gasteiger partial charge in [-0.05, 0) is 67.6 Å². The molecular weight excluding hydrogens is 478 g/mol. The van der Waals surface area contributed by atoms with Gasteiger partial charge < -0.3 is 25.3 Å². The van der Waals surface area contributed by atoms with Crippen LogP contribution in [0.2, 0.25) is 5.02 Å². The molecule has 5 rings (SSSR count). The van der Waals surface area contributed by atoms with E-state index in [-0.39, 0.29) is 18.0 Å². The third kappa shape index (κ3) is 4.87. The number of nitrogens with one attached hydrogen (secondary N) is 3. The van der Waals surface area contributed by atoms with E-state index >= 15 is 0 Å². The summed E-state index contributed by atoms with van der Waals surface area (Å²) in [6.45, 7) is 3.64. The molecule has 3 heterocycles. The normalized spacial score (nSPS) is 14.7. The molecule has 8 nitrogen and oxygen atoms in total. The van der Waals surface area contributed by atoms with Gasteiger partial charge in [-0.15, -0.1) is 0 Å². The van der Waals surface area contributed by atoms with E-state index in [0.29, 0.717) is 44.3 Å². The number of aromatic amines is 2. The molecule has 1 aliphatic heterocycles. The molecule has 1 unspecified atom stereocenters. The molecule has 1 saturated heterocycles. The lowest BCUT2D eigenvalue weighted by Gasteiger charge is -2.26. The number of aliphatic hydroxyl groups excluding tert-OH is 1. The minimum absolute atomic E-state index is 0.0192. The number of halogens is 1. The highest BCUT2D eigenvalue weighted by atomic mass is 35.5. The van der Waals surface area contributed by atoms with E-state index in [2.05, 4.69) is 15.3 Å². The van der Waals surface area contributed by atoms with Gasteiger partial charge in [0.25, 0.3) is 11.5 Å². The Hall–Kier alpha value is -3.62. The molecular formula is C27H28ClN5O3. The lowest BCUT2D eigenvalue weighted by Crippen LogP contribution is -2.35. The quantitative estimate of drug-likeness (QED) is 0.304.